The first-order valence-electron chi connectivity index (χ1n) is 11.3. The van der Waals surface area contributed by atoms with Crippen LogP contribution in [0.5, 0.6) is 11.5 Å². The molecular weight excluding hydrogens is 336 g/mol. The van der Waals surface area contributed by atoms with Gasteiger partial charge in [-0.2, -0.15) is 0 Å². The van der Waals surface area contributed by atoms with Crippen LogP contribution in [0, 0.1) is 5.92 Å². The molecule has 2 unspecified atom stereocenters. The highest BCUT2D eigenvalue weighted by molar-refractivity contribution is 5.42. The van der Waals surface area contributed by atoms with Crippen molar-refractivity contribution in [2.45, 2.75) is 109 Å². The third-order valence-electron chi connectivity index (χ3n) is 6.57. The maximum atomic E-state index is 10.5. The van der Waals surface area contributed by atoms with Gasteiger partial charge in [0.1, 0.15) is 0 Å². The van der Waals surface area contributed by atoms with Gasteiger partial charge < -0.3 is 14.6 Å². The number of benzene rings is 1. The van der Waals surface area contributed by atoms with Crippen LogP contribution < -0.4 is 4.74 Å². The van der Waals surface area contributed by atoms with Crippen molar-refractivity contribution >= 4 is 0 Å². The summed E-state index contributed by atoms with van der Waals surface area (Å²) in [6.45, 7) is 4.36. The molecule has 0 amide bonds. The number of rotatable bonds is 8. The van der Waals surface area contributed by atoms with E-state index < -0.39 is 0 Å². The van der Waals surface area contributed by atoms with Gasteiger partial charge >= 0.3 is 0 Å². The van der Waals surface area contributed by atoms with Gasteiger partial charge in [-0.1, -0.05) is 71.3 Å². The van der Waals surface area contributed by atoms with Crippen LogP contribution in [-0.4, -0.2) is 17.5 Å². The minimum atomic E-state index is -0.239. The summed E-state index contributed by atoms with van der Waals surface area (Å²) in [4.78, 5) is 0. The van der Waals surface area contributed by atoms with Gasteiger partial charge in [-0.3, -0.25) is 0 Å². The zero-order valence-electron chi connectivity index (χ0n) is 17.3. The summed E-state index contributed by atoms with van der Waals surface area (Å²) in [7, 11) is 0. The zero-order valence-corrected chi connectivity index (χ0v) is 17.3. The van der Waals surface area contributed by atoms with Crippen LogP contribution in [0.4, 0.5) is 0 Å². The second kappa shape index (κ2) is 10.4. The Morgan fingerprint density at radius 2 is 1.67 bits per heavy atom. The molecule has 0 aromatic heterocycles. The minimum Gasteiger partial charge on any atom is -0.504 e. The van der Waals surface area contributed by atoms with E-state index in [-0.39, 0.29) is 12.0 Å². The largest absolute Gasteiger partial charge is 0.504 e. The molecule has 0 bridgehead atoms. The molecule has 0 radical (unpaired) electrons. The summed E-state index contributed by atoms with van der Waals surface area (Å²) >= 11 is 0. The Morgan fingerprint density at radius 3 is 2.30 bits per heavy atom. The van der Waals surface area contributed by atoms with Crippen LogP contribution in [0.15, 0.2) is 18.2 Å². The van der Waals surface area contributed by atoms with Crippen molar-refractivity contribution in [3.8, 4) is 11.5 Å². The first-order chi connectivity index (χ1) is 13.2. The van der Waals surface area contributed by atoms with Crippen LogP contribution in [0.3, 0.4) is 0 Å². The quantitative estimate of drug-likeness (QED) is 0.501. The van der Waals surface area contributed by atoms with E-state index in [1.165, 1.54) is 56.9 Å². The van der Waals surface area contributed by atoms with Crippen molar-refractivity contribution in [2.24, 2.45) is 5.92 Å². The lowest BCUT2D eigenvalue weighted by molar-refractivity contribution is -0.139. The van der Waals surface area contributed by atoms with Crippen molar-refractivity contribution in [3.05, 3.63) is 23.8 Å². The highest BCUT2D eigenvalue weighted by Gasteiger charge is 2.25. The zero-order chi connectivity index (χ0) is 19.1. The second-order valence-corrected chi connectivity index (χ2v) is 8.72. The van der Waals surface area contributed by atoms with Gasteiger partial charge in [0.05, 0.1) is 6.10 Å². The van der Waals surface area contributed by atoms with Gasteiger partial charge in [-0.15, -0.1) is 0 Å². The maximum absolute atomic E-state index is 10.5. The molecule has 0 heterocycles. The van der Waals surface area contributed by atoms with Crippen molar-refractivity contribution in [1.82, 2.24) is 0 Å². The van der Waals surface area contributed by atoms with Crippen molar-refractivity contribution in [1.29, 1.82) is 0 Å². The number of ether oxygens (including phenoxy) is 2. The molecule has 3 rings (SSSR count). The summed E-state index contributed by atoms with van der Waals surface area (Å²) in [6.07, 6.45) is 14.8. The Morgan fingerprint density at radius 1 is 1.00 bits per heavy atom. The van der Waals surface area contributed by atoms with E-state index in [0.29, 0.717) is 23.7 Å². The Labute approximate surface area is 165 Å². The Kier molecular flexibility index (Phi) is 7.87. The molecule has 0 spiro atoms. The number of phenols is 1. The molecule has 3 nitrogen and oxygen atoms in total. The second-order valence-electron chi connectivity index (χ2n) is 8.72. The summed E-state index contributed by atoms with van der Waals surface area (Å²) in [6, 6.07) is 5.87. The lowest BCUT2D eigenvalue weighted by Gasteiger charge is -2.31. The van der Waals surface area contributed by atoms with E-state index in [0.717, 1.165) is 25.7 Å². The highest BCUT2D eigenvalue weighted by Crippen LogP contribution is 2.35. The topological polar surface area (TPSA) is 38.7 Å². The number of phenolic OH excluding ortho intramolecular Hbond substituents is 1. The molecule has 2 saturated carbocycles. The van der Waals surface area contributed by atoms with Gasteiger partial charge in [0.25, 0.3) is 0 Å². The smallest absolute Gasteiger partial charge is 0.200 e. The monoisotopic (exact) mass is 374 g/mol. The van der Waals surface area contributed by atoms with Crippen LogP contribution in [0.1, 0.15) is 102 Å². The fourth-order valence-corrected chi connectivity index (χ4v) is 4.56. The lowest BCUT2D eigenvalue weighted by Crippen LogP contribution is -2.31. The van der Waals surface area contributed by atoms with Gasteiger partial charge in [0, 0.05) is 6.42 Å². The lowest BCUT2D eigenvalue weighted by atomic mass is 9.87. The first-order valence-corrected chi connectivity index (χ1v) is 11.3. The third kappa shape index (κ3) is 6.14. The molecule has 1 N–H and O–H groups in total. The SMILES string of the molecule is CCC(C)c1ccc(OC(CC2CCCCC2)OC2CCCCC2)c(O)c1. The molecule has 2 fully saturated rings. The fraction of sp³-hybridized carbons (Fsp3) is 0.750. The minimum absolute atomic E-state index is 0.239. The first kappa shape index (κ1) is 20.5. The predicted molar refractivity (Wildman–Crippen MR) is 110 cm³/mol. The van der Waals surface area contributed by atoms with Gasteiger partial charge in [0.15, 0.2) is 11.5 Å². The molecule has 1 aromatic rings. The fourth-order valence-electron chi connectivity index (χ4n) is 4.56. The average molecular weight is 375 g/mol. The Balaban J connectivity index is 1.67. The summed E-state index contributed by atoms with van der Waals surface area (Å²) in [5.74, 6) is 1.95. The van der Waals surface area contributed by atoms with Crippen LogP contribution in [0.25, 0.3) is 0 Å². The van der Waals surface area contributed by atoms with Crippen LogP contribution >= 0.6 is 0 Å². The average Bonchev–Trinajstić information content (AvgIpc) is 2.70. The molecule has 2 aliphatic rings. The Bertz CT molecular complexity index is 539. The number of hydrogen-bond acceptors (Lipinski definition) is 3. The van der Waals surface area contributed by atoms with E-state index >= 15 is 0 Å². The van der Waals surface area contributed by atoms with Crippen molar-refractivity contribution < 1.29 is 14.6 Å². The number of hydrogen-bond donors (Lipinski definition) is 1. The highest BCUT2D eigenvalue weighted by atomic mass is 16.7. The van der Waals surface area contributed by atoms with Crippen LogP contribution in [-0.2, 0) is 4.74 Å². The van der Waals surface area contributed by atoms with Crippen molar-refractivity contribution in [3.63, 3.8) is 0 Å². The molecule has 3 heteroatoms. The maximum Gasteiger partial charge on any atom is 0.200 e. The normalized spacial score (nSPS) is 21.7. The van der Waals surface area contributed by atoms with E-state index in [1.807, 2.05) is 12.1 Å². The molecule has 0 aliphatic heterocycles. The Hall–Kier alpha value is -1.22. The molecule has 1 aromatic carbocycles. The van der Waals surface area contributed by atoms with Crippen molar-refractivity contribution in [2.75, 3.05) is 0 Å². The molecule has 27 heavy (non-hydrogen) atoms. The van der Waals surface area contributed by atoms with E-state index in [2.05, 4.69) is 19.9 Å². The molecule has 2 aliphatic carbocycles. The molecule has 0 saturated heterocycles. The standard InChI is InChI=1S/C24H38O3/c1-3-18(2)20-14-15-23(22(25)17-20)27-24(16-19-10-6-4-7-11-19)26-21-12-8-5-9-13-21/h14-15,17-19,21,24-25H,3-13,16H2,1-2H3. The van der Waals surface area contributed by atoms with Gasteiger partial charge in [-0.25, -0.2) is 0 Å². The van der Waals surface area contributed by atoms with Crippen LogP contribution in [0.2, 0.25) is 0 Å². The molecular formula is C24H38O3. The summed E-state index contributed by atoms with van der Waals surface area (Å²) < 4.78 is 12.7. The van der Waals surface area contributed by atoms with Gasteiger partial charge in [-0.05, 0) is 48.8 Å². The predicted octanol–water partition coefficient (Wildman–Crippen LogP) is 6.93. The van der Waals surface area contributed by atoms with E-state index in [1.54, 1.807) is 0 Å². The van der Waals surface area contributed by atoms with E-state index in [9.17, 15) is 5.11 Å². The number of aromatic hydroxyl groups is 1. The molecule has 2 atom stereocenters. The van der Waals surface area contributed by atoms with Gasteiger partial charge in [0.2, 0.25) is 6.29 Å². The summed E-state index contributed by atoms with van der Waals surface area (Å²) in [5.41, 5.74) is 1.17. The third-order valence-corrected chi connectivity index (χ3v) is 6.57. The summed E-state index contributed by atoms with van der Waals surface area (Å²) in [5, 5.41) is 10.5. The van der Waals surface area contributed by atoms with E-state index in [4.69, 9.17) is 9.47 Å². The molecule has 152 valence electrons.